The molecule has 1 heterocycles. The van der Waals surface area contributed by atoms with E-state index in [1.807, 2.05) is 0 Å². The monoisotopic (exact) mass is 224 g/mol. The molecule has 0 N–H and O–H groups in total. The third-order valence-electron chi connectivity index (χ3n) is 1.95. The van der Waals surface area contributed by atoms with E-state index in [0.29, 0.717) is 5.56 Å². The predicted octanol–water partition coefficient (Wildman–Crippen LogP) is 0.393. The number of nitrogens with zero attached hydrogens (tertiary/aromatic N) is 2. The topological polar surface area (TPSA) is 70.4 Å². The summed E-state index contributed by atoms with van der Waals surface area (Å²) in [5.41, 5.74) is 0.780. The van der Waals surface area contributed by atoms with Crippen molar-refractivity contribution in [1.82, 2.24) is 9.78 Å². The van der Waals surface area contributed by atoms with Crippen LogP contribution in [0.5, 0.6) is 0 Å². The van der Waals surface area contributed by atoms with Gasteiger partial charge in [-0.3, -0.25) is 4.68 Å². The molecule has 6 nitrogen and oxygen atoms in total. The Morgan fingerprint density at radius 2 is 2.06 bits per heavy atom. The fourth-order valence-corrected chi connectivity index (χ4v) is 1.15. The molecule has 1 aromatic heterocycles. The van der Waals surface area contributed by atoms with Crippen LogP contribution in [-0.2, 0) is 21.3 Å². The Morgan fingerprint density at radius 3 is 2.62 bits per heavy atom. The number of rotatable bonds is 3. The Kier molecular flexibility index (Phi) is 3.82. The molecule has 6 heteroatoms. The van der Waals surface area contributed by atoms with E-state index in [-0.39, 0.29) is 5.69 Å². The quantitative estimate of drug-likeness (QED) is 0.548. The summed E-state index contributed by atoms with van der Waals surface area (Å²) in [7, 11) is 4.17. The maximum atomic E-state index is 11.4. The van der Waals surface area contributed by atoms with Gasteiger partial charge in [-0.15, -0.1) is 0 Å². The Morgan fingerprint density at radius 1 is 1.38 bits per heavy atom. The van der Waals surface area contributed by atoms with Gasteiger partial charge < -0.3 is 9.47 Å². The number of ether oxygens (including phenoxy) is 2. The normalized spacial score (nSPS) is 10.4. The maximum absolute atomic E-state index is 11.4. The van der Waals surface area contributed by atoms with Crippen molar-refractivity contribution in [3.8, 4) is 0 Å². The van der Waals surface area contributed by atoms with Crippen molar-refractivity contribution in [2.45, 2.75) is 0 Å². The van der Waals surface area contributed by atoms with Crippen LogP contribution in [0.15, 0.2) is 12.3 Å². The Labute approximate surface area is 92.5 Å². The lowest BCUT2D eigenvalue weighted by atomic mass is 10.2. The van der Waals surface area contributed by atoms with E-state index in [1.54, 1.807) is 7.05 Å². The summed E-state index contributed by atoms with van der Waals surface area (Å²) >= 11 is 0. The number of aromatic nitrogens is 2. The van der Waals surface area contributed by atoms with Crippen molar-refractivity contribution in [2.24, 2.45) is 7.05 Å². The van der Waals surface area contributed by atoms with Gasteiger partial charge in [-0.05, 0) is 6.08 Å². The van der Waals surface area contributed by atoms with Crippen LogP contribution in [0.2, 0.25) is 0 Å². The molecule has 0 atom stereocenters. The second kappa shape index (κ2) is 5.11. The molecule has 0 aliphatic heterocycles. The van der Waals surface area contributed by atoms with E-state index in [2.05, 4.69) is 14.6 Å². The lowest BCUT2D eigenvalue weighted by molar-refractivity contribution is -0.134. The van der Waals surface area contributed by atoms with Crippen molar-refractivity contribution in [2.75, 3.05) is 14.2 Å². The molecule has 0 unspecified atom stereocenters. The van der Waals surface area contributed by atoms with Crippen LogP contribution in [0.3, 0.4) is 0 Å². The summed E-state index contributed by atoms with van der Waals surface area (Å²) < 4.78 is 10.4. The van der Waals surface area contributed by atoms with Gasteiger partial charge in [0.25, 0.3) is 0 Å². The van der Waals surface area contributed by atoms with Gasteiger partial charge in [-0.25, -0.2) is 9.59 Å². The largest absolute Gasteiger partial charge is 0.466 e. The minimum Gasteiger partial charge on any atom is -0.466 e. The van der Waals surface area contributed by atoms with Crippen molar-refractivity contribution < 1.29 is 19.1 Å². The first-order valence-corrected chi connectivity index (χ1v) is 4.46. The molecular weight excluding hydrogens is 212 g/mol. The van der Waals surface area contributed by atoms with E-state index in [9.17, 15) is 9.59 Å². The van der Waals surface area contributed by atoms with Crippen LogP contribution in [-0.4, -0.2) is 35.9 Å². The minimum absolute atomic E-state index is 0.280. The molecule has 0 radical (unpaired) electrons. The Balaban J connectivity index is 3.01. The lowest BCUT2D eigenvalue weighted by Crippen LogP contribution is -2.09. The number of esters is 2. The van der Waals surface area contributed by atoms with Crippen molar-refractivity contribution in [3.63, 3.8) is 0 Å². The van der Waals surface area contributed by atoms with Gasteiger partial charge in [0.05, 0.1) is 20.4 Å². The fraction of sp³-hybridized carbons (Fsp3) is 0.300. The summed E-state index contributed by atoms with van der Waals surface area (Å²) in [5.74, 6) is -1.01. The second-order valence-corrected chi connectivity index (χ2v) is 2.92. The second-order valence-electron chi connectivity index (χ2n) is 2.92. The number of aryl methyl sites for hydroxylation is 1. The van der Waals surface area contributed by atoms with Gasteiger partial charge in [0.1, 0.15) is 0 Å². The number of hydrogen-bond acceptors (Lipinski definition) is 5. The zero-order valence-electron chi connectivity index (χ0n) is 9.26. The first-order chi connectivity index (χ1) is 7.60. The van der Waals surface area contributed by atoms with E-state index in [0.717, 1.165) is 0 Å². The highest BCUT2D eigenvalue weighted by Gasteiger charge is 2.15. The third-order valence-corrected chi connectivity index (χ3v) is 1.95. The van der Waals surface area contributed by atoms with E-state index in [1.165, 1.54) is 37.3 Å². The van der Waals surface area contributed by atoms with E-state index in [4.69, 9.17) is 0 Å². The van der Waals surface area contributed by atoms with Crippen molar-refractivity contribution in [3.05, 3.63) is 23.5 Å². The zero-order chi connectivity index (χ0) is 12.1. The Bertz CT molecular complexity index is 434. The molecule has 1 rings (SSSR count). The predicted molar refractivity (Wildman–Crippen MR) is 55.6 cm³/mol. The van der Waals surface area contributed by atoms with Crippen LogP contribution >= 0.6 is 0 Å². The van der Waals surface area contributed by atoms with Crippen LogP contribution in [0, 0.1) is 0 Å². The third kappa shape index (κ3) is 2.47. The Hall–Kier alpha value is -2.11. The molecule has 0 bridgehead atoms. The molecule has 0 aromatic carbocycles. The molecule has 86 valence electrons. The average molecular weight is 224 g/mol. The van der Waals surface area contributed by atoms with Gasteiger partial charge in [0, 0.05) is 18.7 Å². The highest BCUT2D eigenvalue weighted by molar-refractivity contribution is 5.94. The molecule has 0 spiro atoms. The molecule has 0 aliphatic carbocycles. The van der Waals surface area contributed by atoms with Gasteiger partial charge in [0.2, 0.25) is 0 Å². The minimum atomic E-state index is -0.510. The zero-order valence-corrected chi connectivity index (χ0v) is 9.26. The summed E-state index contributed by atoms with van der Waals surface area (Å²) in [5, 5.41) is 3.90. The van der Waals surface area contributed by atoms with Gasteiger partial charge in [-0.2, -0.15) is 5.10 Å². The van der Waals surface area contributed by atoms with Crippen LogP contribution in [0.4, 0.5) is 0 Å². The molecule has 0 saturated carbocycles. The summed E-state index contributed by atoms with van der Waals surface area (Å²) in [4.78, 5) is 22.3. The van der Waals surface area contributed by atoms with Crippen molar-refractivity contribution in [1.29, 1.82) is 0 Å². The highest BCUT2D eigenvalue weighted by Crippen LogP contribution is 2.10. The number of carbonyl (C=O) groups is 2. The lowest BCUT2D eigenvalue weighted by Gasteiger charge is -2.00. The van der Waals surface area contributed by atoms with Crippen molar-refractivity contribution >= 4 is 18.0 Å². The molecule has 0 aliphatic rings. The number of carbonyl (C=O) groups excluding carboxylic acids is 2. The fourth-order valence-electron chi connectivity index (χ4n) is 1.15. The first kappa shape index (κ1) is 12.0. The van der Waals surface area contributed by atoms with Crippen LogP contribution in [0.25, 0.3) is 6.08 Å². The van der Waals surface area contributed by atoms with Gasteiger partial charge >= 0.3 is 11.9 Å². The molecule has 0 saturated heterocycles. The molecular formula is C10H12N2O4. The highest BCUT2D eigenvalue weighted by atomic mass is 16.5. The molecule has 1 aromatic rings. The van der Waals surface area contributed by atoms with Crippen LogP contribution < -0.4 is 0 Å². The molecule has 0 fully saturated rings. The first-order valence-electron chi connectivity index (χ1n) is 4.46. The number of methoxy groups -OCH3 is 2. The molecule has 16 heavy (non-hydrogen) atoms. The summed E-state index contributed by atoms with van der Waals surface area (Å²) in [6, 6.07) is 0. The average Bonchev–Trinajstić information content (AvgIpc) is 2.66. The standard InChI is InChI=1S/C10H12N2O4/c1-12-9(10(14)16-3)7(6-11-12)4-5-8(13)15-2/h4-6H,1-3H3. The summed E-state index contributed by atoms with van der Waals surface area (Å²) in [6.45, 7) is 0. The smallest absolute Gasteiger partial charge is 0.356 e. The maximum Gasteiger partial charge on any atom is 0.356 e. The molecule has 0 amide bonds. The SMILES string of the molecule is COC(=O)C=Cc1cnn(C)c1C(=O)OC. The summed E-state index contributed by atoms with van der Waals surface area (Å²) in [6.07, 6.45) is 4.13. The van der Waals surface area contributed by atoms with Crippen LogP contribution in [0.1, 0.15) is 16.1 Å². The van der Waals surface area contributed by atoms with Gasteiger partial charge in [-0.1, -0.05) is 0 Å². The number of hydrogen-bond donors (Lipinski definition) is 0. The van der Waals surface area contributed by atoms with E-state index >= 15 is 0 Å². The van der Waals surface area contributed by atoms with Gasteiger partial charge in [0.15, 0.2) is 5.69 Å². The van der Waals surface area contributed by atoms with E-state index < -0.39 is 11.9 Å².